The van der Waals surface area contributed by atoms with Crippen molar-refractivity contribution in [3.05, 3.63) is 18.2 Å². The number of carbonyl (C=O) groups excluding carboxylic acids is 2. The van der Waals surface area contributed by atoms with Crippen molar-refractivity contribution in [3.63, 3.8) is 0 Å². The molecule has 0 radical (unpaired) electrons. The number of anilines is 1. The molecule has 1 heterocycles. The average molecular weight is 360 g/mol. The minimum absolute atomic E-state index is 0.0153. The summed E-state index contributed by atoms with van der Waals surface area (Å²) in [4.78, 5) is 29.1. The molecule has 26 heavy (non-hydrogen) atoms. The van der Waals surface area contributed by atoms with Gasteiger partial charge in [-0.25, -0.2) is 0 Å². The SMILES string of the molecule is CCCN(CC1CC1)C(=O)C1CC(=O)N(c2ccc(OC)c(OC)c2)C1. The van der Waals surface area contributed by atoms with Crippen LogP contribution in [-0.4, -0.2) is 50.6 Å². The highest BCUT2D eigenvalue weighted by Crippen LogP contribution is 2.35. The molecule has 0 spiro atoms. The van der Waals surface area contributed by atoms with Gasteiger partial charge in [0.25, 0.3) is 0 Å². The Kier molecular flexibility index (Phi) is 5.69. The topological polar surface area (TPSA) is 59.1 Å². The van der Waals surface area contributed by atoms with Crippen LogP contribution in [0.15, 0.2) is 18.2 Å². The third kappa shape index (κ3) is 3.94. The zero-order valence-electron chi connectivity index (χ0n) is 15.9. The van der Waals surface area contributed by atoms with Gasteiger partial charge in [-0.05, 0) is 37.3 Å². The summed E-state index contributed by atoms with van der Waals surface area (Å²) in [6.45, 7) is 4.13. The third-order valence-corrected chi connectivity index (χ3v) is 5.13. The predicted molar refractivity (Wildman–Crippen MR) is 99.6 cm³/mol. The largest absolute Gasteiger partial charge is 0.493 e. The van der Waals surface area contributed by atoms with Gasteiger partial charge in [-0.1, -0.05) is 6.92 Å². The smallest absolute Gasteiger partial charge is 0.228 e. The first-order valence-electron chi connectivity index (χ1n) is 9.38. The van der Waals surface area contributed by atoms with E-state index in [0.29, 0.717) is 24.0 Å². The Balaban J connectivity index is 1.72. The van der Waals surface area contributed by atoms with Gasteiger partial charge in [-0.2, -0.15) is 0 Å². The van der Waals surface area contributed by atoms with Crippen molar-refractivity contribution in [2.75, 3.05) is 38.8 Å². The third-order valence-electron chi connectivity index (χ3n) is 5.13. The summed E-state index contributed by atoms with van der Waals surface area (Å²) >= 11 is 0. The molecule has 6 nitrogen and oxygen atoms in total. The molecule has 0 bridgehead atoms. The van der Waals surface area contributed by atoms with Crippen LogP contribution in [-0.2, 0) is 9.59 Å². The fourth-order valence-corrected chi connectivity index (χ4v) is 3.55. The van der Waals surface area contributed by atoms with Gasteiger partial charge in [0.05, 0.1) is 20.1 Å². The predicted octanol–water partition coefficient (Wildman–Crippen LogP) is 2.71. The molecule has 1 aliphatic heterocycles. The van der Waals surface area contributed by atoms with E-state index in [2.05, 4.69) is 6.92 Å². The number of hydrogen-bond acceptors (Lipinski definition) is 4. The summed E-state index contributed by atoms with van der Waals surface area (Å²) in [6, 6.07) is 5.41. The van der Waals surface area contributed by atoms with Crippen LogP contribution in [0.1, 0.15) is 32.6 Å². The van der Waals surface area contributed by atoms with Gasteiger partial charge in [0, 0.05) is 37.8 Å². The van der Waals surface area contributed by atoms with E-state index in [1.165, 1.54) is 12.8 Å². The monoisotopic (exact) mass is 360 g/mol. The van der Waals surface area contributed by atoms with Crippen LogP contribution in [0.3, 0.4) is 0 Å². The van der Waals surface area contributed by atoms with Gasteiger partial charge >= 0.3 is 0 Å². The summed E-state index contributed by atoms with van der Waals surface area (Å²) in [5, 5.41) is 0. The maximum atomic E-state index is 12.9. The zero-order valence-corrected chi connectivity index (χ0v) is 15.9. The summed E-state index contributed by atoms with van der Waals surface area (Å²) in [6.07, 6.45) is 3.65. The molecular formula is C20H28N2O4. The number of amides is 2. The lowest BCUT2D eigenvalue weighted by molar-refractivity contribution is -0.136. The normalized spacial score (nSPS) is 19.6. The number of hydrogen-bond donors (Lipinski definition) is 0. The van der Waals surface area contributed by atoms with E-state index in [0.717, 1.165) is 25.2 Å². The van der Waals surface area contributed by atoms with E-state index >= 15 is 0 Å². The average Bonchev–Trinajstić information content (AvgIpc) is 3.39. The van der Waals surface area contributed by atoms with Crippen molar-refractivity contribution in [1.82, 2.24) is 4.90 Å². The molecule has 1 unspecified atom stereocenters. The van der Waals surface area contributed by atoms with E-state index < -0.39 is 0 Å². The fourth-order valence-electron chi connectivity index (χ4n) is 3.55. The number of carbonyl (C=O) groups is 2. The second-order valence-corrected chi connectivity index (χ2v) is 7.17. The molecule has 6 heteroatoms. The van der Waals surface area contributed by atoms with E-state index in [9.17, 15) is 9.59 Å². The molecular weight excluding hydrogens is 332 g/mol. The molecule has 1 aromatic carbocycles. The number of ether oxygens (including phenoxy) is 2. The number of nitrogens with zero attached hydrogens (tertiary/aromatic N) is 2. The highest BCUT2D eigenvalue weighted by atomic mass is 16.5. The summed E-state index contributed by atoms with van der Waals surface area (Å²) < 4.78 is 10.6. The van der Waals surface area contributed by atoms with Crippen molar-refractivity contribution in [3.8, 4) is 11.5 Å². The molecule has 2 amide bonds. The molecule has 1 aromatic rings. The van der Waals surface area contributed by atoms with Crippen LogP contribution >= 0.6 is 0 Å². The van der Waals surface area contributed by atoms with Gasteiger partial charge in [-0.3, -0.25) is 9.59 Å². The summed E-state index contributed by atoms with van der Waals surface area (Å²) in [7, 11) is 3.15. The molecule has 2 fully saturated rings. The number of rotatable bonds is 8. The molecule has 1 saturated carbocycles. The van der Waals surface area contributed by atoms with Crippen molar-refractivity contribution >= 4 is 17.5 Å². The Bertz CT molecular complexity index is 672. The second kappa shape index (κ2) is 7.98. The lowest BCUT2D eigenvalue weighted by atomic mass is 10.1. The standard InChI is InChI=1S/C20H28N2O4/c1-4-9-21(12-14-5-6-14)20(24)15-10-19(23)22(13-15)16-7-8-17(25-2)18(11-16)26-3/h7-8,11,14-15H,4-6,9-10,12-13H2,1-3H3. The van der Waals surface area contributed by atoms with Gasteiger partial charge in [0.2, 0.25) is 11.8 Å². The van der Waals surface area contributed by atoms with Crippen LogP contribution in [0.5, 0.6) is 11.5 Å². The number of methoxy groups -OCH3 is 2. The molecule has 1 saturated heterocycles. The molecule has 1 atom stereocenters. The molecule has 0 aromatic heterocycles. The van der Waals surface area contributed by atoms with Crippen LogP contribution in [0, 0.1) is 11.8 Å². The molecule has 2 aliphatic rings. The first kappa shape index (κ1) is 18.5. The van der Waals surface area contributed by atoms with Crippen LogP contribution < -0.4 is 14.4 Å². The quantitative estimate of drug-likeness (QED) is 0.715. The zero-order chi connectivity index (χ0) is 18.7. The van der Waals surface area contributed by atoms with Crippen molar-refractivity contribution in [1.29, 1.82) is 0 Å². The summed E-state index contributed by atoms with van der Waals surface area (Å²) in [5.74, 6) is 1.70. The Labute approximate surface area is 155 Å². The molecule has 3 rings (SSSR count). The van der Waals surface area contributed by atoms with Crippen LogP contribution in [0.4, 0.5) is 5.69 Å². The molecule has 0 N–H and O–H groups in total. The van der Waals surface area contributed by atoms with Crippen molar-refractivity contribution in [2.24, 2.45) is 11.8 Å². The molecule has 1 aliphatic carbocycles. The Hall–Kier alpha value is -2.24. The minimum Gasteiger partial charge on any atom is -0.493 e. The lowest BCUT2D eigenvalue weighted by Gasteiger charge is -2.25. The van der Waals surface area contributed by atoms with Gasteiger partial charge in [-0.15, -0.1) is 0 Å². The summed E-state index contributed by atoms with van der Waals surface area (Å²) in [5.41, 5.74) is 0.743. The Morgan fingerprint density at radius 1 is 1.23 bits per heavy atom. The van der Waals surface area contributed by atoms with E-state index in [1.807, 2.05) is 11.0 Å². The van der Waals surface area contributed by atoms with E-state index in [1.54, 1.807) is 31.3 Å². The maximum absolute atomic E-state index is 12.9. The minimum atomic E-state index is -0.263. The van der Waals surface area contributed by atoms with Gasteiger partial charge in [0.1, 0.15) is 0 Å². The van der Waals surface area contributed by atoms with Crippen LogP contribution in [0.2, 0.25) is 0 Å². The van der Waals surface area contributed by atoms with Gasteiger partial charge < -0.3 is 19.3 Å². The second-order valence-electron chi connectivity index (χ2n) is 7.17. The Morgan fingerprint density at radius 2 is 1.96 bits per heavy atom. The molecule has 142 valence electrons. The Morgan fingerprint density at radius 3 is 2.58 bits per heavy atom. The lowest BCUT2D eigenvalue weighted by Crippen LogP contribution is -2.39. The van der Waals surface area contributed by atoms with E-state index in [4.69, 9.17) is 9.47 Å². The fraction of sp³-hybridized carbons (Fsp3) is 0.600. The highest BCUT2D eigenvalue weighted by molar-refractivity contribution is 6.00. The van der Waals surface area contributed by atoms with E-state index in [-0.39, 0.29) is 24.2 Å². The van der Waals surface area contributed by atoms with Crippen molar-refractivity contribution in [2.45, 2.75) is 32.6 Å². The highest BCUT2D eigenvalue weighted by Gasteiger charge is 2.38. The van der Waals surface area contributed by atoms with Crippen molar-refractivity contribution < 1.29 is 19.1 Å². The maximum Gasteiger partial charge on any atom is 0.228 e. The number of benzene rings is 1. The first-order chi connectivity index (χ1) is 12.6. The van der Waals surface area contributed by atoms with Gasteiger partial charge in [0.15, 0.2) is 11.5 Å². The first-order valence-corrected chi connectivity index (χ1v) is 9.38. The van der Waals surface area contributed by atoms with Crippen LogP contribution in [0.25, 0.3) is 0 Å².